The number of aliphatic hydroxyl groups is 1. The van der Waals surface area contributed by atoms with E-state index >= 15 is 0 Å². The molecular formula is C15H22INO3. The number of hydrogen-bond donors (Lipinski definition) is 2. The van der Waals surface area contributed by atoms with Gasteiger partial charge in [-0.25, -0.2) is 0 Å². The highest BCUT2D eigenvalue weighted by atomic mass is 127. The molecule has 112 valence electrons. The number of ether oxygens (including phenoxy) is 2. The van der Waals surface area contributed by atoms with E-state index in [0.717, 1.165) is 47.3 Å². The molecule has 0 aliphatic heterocycles. The fourth-order valence-electron chi connectivity index (χ4n) is 2.62. The first kappa shape index (κ1) is 15.9. The van der Waals surface area contributed by atoms with Crippen molar-refractivity contribution in [2.24, 2.45) is 0 Å². The Labute approximate surface area is 134 Å². The molecule has 0 saturated heterocycles. The first-order chi connectivity index (χ1) is 9.63. The van der Waals surface area contributed by atoms with E-state index in [1.165, 1.54) is 5.56 Å². The van der Waals surface area contributed by atoms with Crippen LogP contribution in [0, 0.1) is 3.57 Å². The second-order valence-corrected chi connectivity index (χ2v) is 6.36. The van der Waals surface area contributed by atoms with Crippen molar-refractivity contribution in [2.75, 3.05) is 14.2 Å². The monoisotopic (exact) mass is 391 g/mol. The van der Waals surface area contributed by atoms with E-state index in [1.807, 2.05) is 6.07 Å². The lowest BCUT2D eigenvalue weighted by atomic mass is 9.93. The van der Waals surface area contributed by atoms with Gasteiger partial charge in [-0.1, -0.05) is 0 Å². The topological polar surface area (TPSA) is 50.7 Å². The summed E-state index contributed by atoms with van der Waals surface area (Å²) in [6, 6.07) is 4.64. The average Bonchev–Trinajstić information content (AvgIpc) is 2.46. The lowest BCUT2D eigenvalue weighted by Crippen LogP contribution is -2.34. The number of rotatable bonds is 5. The highest BCUT2D eigenvalue weighted by Gasteiger charge is 2.19. The largest absolute Gasteiger partial charge is 0.493 e. The van der Waals surface area contributed by atoms with Gasteiger partial charge in [0.2, 0.25) is 0 Å². The quantitative estimate of drug-likeness (QED) is 0.758. The Kier molecular flexibility index (Phi) is 5.92. The molecule has 0 radical (unpaired) electrons. The van der Waals surface area contributed by atoms with E-state index < -0.39 is 0 Å². The van der Waals surface area contributed by atoms with E-state index in [-0.39, 0.29) is 6.10 Å². The van der Waals surface area contributed by atoms with Crippen molar-refractivity contribution in [2.45, 2.75) is 44.4 Å². The summed E-state index contributed by atoms with van der Waals surface area (Å²) in [4.78, 5) is 0. The van der Waals surface area contributed by atoms with Crippen molar-refractivity contribution in [3.05, 3.63) is 21.3 Å². The zero-order chi connectivity index (χ0) is 14.5. The highest BCUT2D eigenvalue weighted by molar-refractivity contribution is 14.1. The Bertz CT molecular complexity index is 445. The molecule has 2 N–H and O–H groups in total. The number of aliphatic hydroxyl groups excluding tert-OH is 1. The Morgan fingerprint density at radius 3 is 2.50 bits per heavy atom. The second-order valence-electron chi connectivity index (χ2n) is 5.20. The summed E-state index contributed by atoms with van der Waals surface area (Å²) in [5, 5.41) is 13.1. The van der Waals surface area contributed by atoms with Gasteiger partial charge in [0.1, 0.15) is 0 Å². The van der Waals surface area contributed by atoms with Crippen molar-refractivity contribution >= 4 is 22.6 Å². The number of halogens is 1. The molecule has 0 atom stereocenters. The van der Waals surface area contributed by atoms with Crippen LogP contribution >= 0.6 is 22.6 Å². The number of methoxy groups -OCH3 is 2. The van der Waals surface area contributed by atoms with Crippen molar-refractivity contribution in [3.63, 3.8) is 0 Å². The molecule has 1 saturated carbocycles. The zero-order valence-corrected chi connectivity index (χ0v) is 14.1. The summed E-state index contributed by atoms with van der Waals surface area (Å²) in [6.45, 7) is 0.817. The summed E-state index contributed by atoms with van der Waals surface area (Å²) in [6.07, 6.45) is 3.80. The molecule has 0 heterocycles. The van der Waals surface area contributed by atoms with Crippen LogP contribution in [0.25, 0.3) is 0 Å². The number of hydrogen-bond acceptors (Lipinski definition) is 4. The van der Waals surface area contributed by atoms with Crippen LogP contribution in [0.5, 0.6) is 11.5 Å². The Hall–Kier alpha value is -0.530. The molecule has 1 aromatic rings. The van der Waals surface area contributed by atoms with Gasteiger partial charge in [-0.2, -0.15) is 0 Å². The molecule has 0 unspecified atom stereocenters. The van der Waals surface area contributed by atoms with Crippen LogP contribution in [0.4, 0.5) is 0 Å². The van der Waals surface area contributed by atoms with Gasteiger partial charge >= 0.3 is 0 Å². The van der Waals surface area contributed by atoms with Crippen LogP contribution < -0.4 is 14.8 Å². The molecular weight excluding hydrogens is 369 g/mol. The third-order valence-corrected chi connectivity index (χ3v) is 4.59. The van der Waals surface area contributed by atoms with Gasteiger partial charge in [0, 0.05) is 12.6 Å². The molecule has 5 heteroatoms. The van der Waals surface area contributed by atoms with Gasteiger partial charge in [0.15, 0.2) is 11.5 Å². The summed E-state index contributed by atoms with van der Waals surface area (Å²) < 4.78 is 11.8. The average molecular weight is 391 g/mol. The van der Waals surface area contributed by atoms with Crippen molar-refractivity contribution in [1.82, 2.24) is 5.32 Å². The van der Waals surface area contributed by atoms with E-state index in [2.05, 4.69) is 34.0 Å². The second kappa shape index (κ2) is 7.47. The van der Waals surface area contributed by atoms with Gasteiger partial charge in [-0.15, -0.1) is 0 Å². The summed E-state index contributed by atoms with van der Waals surface area (Å²) in [7, 11) is 3.32. The maximum Gasteiger partial charge on any atom is 0.174 e. The Morgan fingerprint density at radius 2 is 1.90 bits per heavy atom. The zero-order valence-electron chi connectivity index (χ0n) is 12.0. The molecule has 0 spiro atoms. The Balaban J connectivity index is 1.97. The fraction of sp³-hybridized carbons (Fsp3) is 0.600. The molecule has 2 rings (SSSR count). The first-order valence-corrected chi connectivity index (χ1v) is 8.03. The summed E-state index contributed by atoms with van der Waals surface area (Å²) >= 11 is 2.27. The fourth-order valence-corrected chi connectivity index (χ4v) is 3.50. The molecule has 1 aliphatic carbocycles. The third kappa shape index (κ3) is 3.99. The molecule has 1 fully saturated rings. The van der Waals surface area contributed by atoms with Crippen molar-refractivity contribution < 1.29 is 14.6 Å². The predicted molar refractivity (Wildman–Crippen MR) is 87.4 cm³/mol. The predicted octanol–water partition coefficient (Wildman–Crippen LogP) is 2.70. The van der Waals surface area contributed by atoms with Crippen molar-refractivity contribution in [3.8, 4) is 11.5 Å². The standard InChI is InChI=1S/C15H22INO3/c1-19-14-8-10(7-13(16)15(14)20-2)9-17-11-3-5-12(18)6-4-11/h7-8,11-12,17-18H,3-6,9H2,1-2H3. The molecule has 4 nitrogen and oxygen atoms in total. The van der Waals surface area contributed by atoms with Gasteiger partial charge in [-0.05, 0) is 66.0 Å². The molecule has 0 bridgehead atoms. The maximum atomic E-state index is 9.52. The summed E-state index contributed by atoms with van der Waals surface area (Å²) in [5.74, 6) is 1.56. The van der Waals surface area contributed by atoms with Gasteiger partial charge in [0.25, 0.3) is 0 Å². The van der Waals surface area contributed by atoms with Gasteiger partial charge in [0.05, 0.1) is 23.9 Å². The van der Waals surface area contributed by atoms with Crippen molar-refractivity contribution in [1.29, 1.82) is 0 Å². The minimum absolute atomic E-state index is 0.102. The van der Waals surface area contributed by atoms with Crippen LogP contribution in [-0.2, 0) is 6.54 Å². The Morgan fingerprint density at radius 1 is 1.20 bits per heavy atom. The lowest BCUT2D eigenvalue weighted by molar-refractivity contribution is 0.116. The third-order valence-electron chi connectivity index (χ3n) is 3.78. The van der Waals surface area contributed by atoms with Crippen LogP contribution in [-0.4, -0.2) is 31.5 Å². The minimum atomic E-state index is -0.102. The normalized spacial score (nSPS) is 22.6. The highest BCUT2D eigenvalue weighted by Crippen LogP contribution is 2.33. The van der Waals surface area contributed by atoms with E-state index in [0.29, 0.717) is 6.04 Å². The smallest absolute Gasteiger partial charge is 0.174 e. The summed E-state index contributed by atoms with van der Waals surface area (Å²) in [5.41, 5.74) is 1.19. The number of benzene rings is 1. The first-order valence-electron chi connectivity index (χ1n) is 6.96. The van der Waals surface area contributed by atoms with E-state index in [1.54, 1.807) is 14.2 Å². The van der Waals surface area contributed by atoms with Gasteiger partial charge in [-0.3, -0.25) is 0 Å². The van der Waals surface area contributed by atoms with E-state index in [9.17, 15) is 5.11 Å². The van der Waals surface area contributed by atoms with Crippen LogP contribution in [0.2, 0.25) is 0 Å². The molecule has 1 aromatic carbocycles. The van der Waals surface area contributed by atoms with E-state index in [4.69, 9.17) is 9.47 Å². The molecule has 1 aliphatic rings. The lowest BCUT2D eigenvalue weighted by Gasteiger charge is -2.26. The maximum absolute atomic E-state index is 9.52. The molecule has 20 heavy (non-hydrogen) atoms. The van der Waals surface area contributed by atoms with Crippen LogP contribution in [0.3, 0.4) is 0 Å². The van der Waals surface area contributed by atoms with Gasteiger partial charge < -0.3 is 19.9 Å². The molecule has 0 aromatic heterocycles. The number of nitrogens with one attached hydrogen (secondary N) is 1. The minimum Gasteiger partial charge on any atom is -0.493 e. The van der Waals surface area contributed by atoms with Crippen LogP contribution in [0.1, 0.15) is 31.2 Å². The molecule has 0 amide bonds. The SMILES string of the molecule is COc1cc(CNC2CCC(O)CC2)cc(I)c1OC. The van der Waals surface area contributed by atoms with Crippen LogP contribution in [0.15, 0.2) is 12.1 Å².